The van der Waals surface area contributed by atoms with Gasteiger partial charge >= 0.3 is 0 Å². The molecule has 1 saturated carbocycles. The van der Waals surface area contributed by atoms with Crippen molar-refractivity contribution in [1.29, 1.82) is 0 Å². The molecule has 0 aromatic rings. The second-order valence-corrected chi connectivity index (χ2v) is 4.78. The van der Waals surface area contributed by atoms with Crippen LogP contribution in [-0.2, 0) is 4.74 Å². The number of hydrogen-bond donors (Lipinski definition) is 1. The van der Waals surface area contributed by atoms with Crippen molar-refractivity contribution >= 4 is 0 Å². The minimum Gasteiger partial charge on any atom is -0.501 e. The van der Waals surface area contributed by atoms with E-state index in [1.807, 2.05) is 0 Å². The van der Waals surface area contributed by atoms with E-state index in [4.69, 9.17) is 4.74 Å². The van der Waals surface area contributed by atoms with Gasteiger partial charge in [-0.1, -0.05) is 19.8 Å². The molecule has 1 N–H and O–H groups in total. The summed E-state index contributed by atoms with van der Waals surface area (Å²) < 4.78 is 5.17. The maximum absolute atomic E-state index is 10.1. The van der Waals surface area contributed by atoms with E-state index in [0.717, 1.165) is 24.5 Å². The van der Waals surface area contributed by atoms with Crippen LogP contribution >= 0.6 is 0 Å². The Morgan fingerprint density at radius 3 is 2.64 bits per heavy atom. The van der Waals surface area contributed by atoms with Crippen molar-refractivity contribution in [1.82, 2.24) is 0 Å². The fourth-order valence-electron chi connectivity index (χ4n) is 2.52. The van der Waals surface area contributed by atoms with E-state index in [1.54, 1.807) is 6.26 Å². The van der Waals surface area contributed by atoms with Crippen molar-refractivity contribution in [3.05, 3.63) is 11.8 Å². The highest BCUT2D eigenvalue weighted by Crippen LogP contribution is 2.34. The monoisotopic (exact) mass is 196 g/mol. The largest absolute Gasteiger partial charge is 0.501 e. The normalized spacial score (nSPS) is 34.9. The summed E-state index contributed by atoms with van der Waals surface area (Å²) in [6, 6.07) is 0. The van der Waals surface area contributed by atoms with Crippen molar-refractivity contribution in [2.75, 3.05) is 6.61 Å². The van der Waals surface area contributed by atoms with Crippen LogP contribution in [0, 0.1) is 11.8 Å². The Balaban J connectivity index is 1.88. The van der Waals surface area contributed by atoms with Crippen LogP contribution in [0.1, 0.15) is 39.0 Å². The molecule has 2 heteroatoms. The molecule has 0 saturated heterocycles. The van der Waals surface area contributed by atoms with Gasteiger partial charge in [-0.15, -0.1) is 0 Å². The van der Waals surface area contributed by atoms with E-state index >= 15 is 0 Å². The molecule has 0 spiro atoms. The zero-order chi connectivity index (χ0) is 9.97. The molecule has 1 aliphatic carbocycles. The van der Waals surface area contributed by atoms with Gasteiger partial charge in [0.15, 0.2) is 0 Å². The van der Waals surface area contributed by atoms with E-state index in [0.29, 0.717) is 5.92 Å². The summed E-state index contributed by atoms with van der Waals surface area (Å²) in [7, 11) is 0. The van der Waals surface area contributed by atoms with Gasteiger partial charge in [-0.2, -0.15) is 0 Å². The summed E-state index contributed by atoms with van der Waals surface area (Å²) in [5, 5.41) is 10.1. The lowest BCUT2D eigenvalue weighted by Gasteiger charge is -2.30. The average Bonchev–Trinajstić information content (AvgIpc) is 2.71. The first-order valence-corrected chi connectivity index (χ1v) is 5.76. The van der Waals surface area contributed by atoms with Crippen LogP contribution in [0.5, 0.6) is 0 Å². The molecule has 2 aliphatic rings. The number of aliphatic hydroxyl groups excluding tert-OH is 1. The Hall–Kier alpha value is -0.500. The quantitative estimate of drug-likeness (QED) is 0.735. The lowest BCUT2D eigenvalue weighted by molar-refractivity contribution is 0.102. The van der Waals surface area contributed by atoms with Crippen molar-refractivity contribution in [3.8, 4) is 0 Å². The molecular formula is C12H20O2. The molecule has 1 atom stereocenters. The number of hydrogen-bond acceptors (Lipinski definition) is 2. The third-order valence-corrected chi connectivity index (χ3v) is 3.63. The van der Waals surface area contributed by atoms with E-state index in [9.17, 15) is 5.11 Å². The number of aliphatic hydroxyl groups is 1. The van der Waals surface area contributed by atoms with Crippen LogP contribution in [0.15, 0.2) is 11.8 Å². The molecule has 0 aromatic heterocycles. The Kier molecular flexibility index (Phi) is 3.12. The molecule has 14 heavy (non-hydrogen) atoms. The first kappa shape index (κ1) is 10.0. The third kappa shape index (κ3) is 2.11. The molecule has 1 unspecified atom stereocenters. The molecule has 0 aromatic carbocycles. The Morgan fingerprint density at radius 1 is 1.36 bits per heavy atom. The average molecular weight is 196 g/mol. The molecule has 0 amide bonds. The Morgan fingerprint density at radius 2 is 2.07 bits per heavy atom. The zero-order valence-electron chi connectivity index (χ0n) is 8.91. The van der Waals surface area contributed by atoms with Crippen LogP contribution in [0.3, 0.4) is 0 Å². The van der Waals surface area contributed by atoms with Crippen LogP contribution in [0.25, 0.3) is 0 Å². The van der Waals surface area contributed by atoms with Crippen LogP contribution in [0.2, 0.25) is 0 Å². The lowest BCUT2D eigenvalue weighted by Crippen LogP contribution is -2.26. The van der Waals surface area contributed by atoms with Gasteiger partial charge in [0.2, 0.25) is 0 Å². The highest BCUT2D eigenvalue weighted by Gasteiger charge is 2.28. The van der Waals surface area contributed by atoms with E-state index in [2.05, 4.69) is 6.92 Å². The van der Waals surface area contributed by atoms with Crippen LogP contribution in [-0.4, -0.2) is 17.8 Å². The predicted octanol–water partition coefficient (Wildman–Crippen LogP) is 2.48. The van der Waals surface area contributed by atoms with Gasteiger partial charge in [0.05, 0.1) is 19.0 Å². The maximum atomic E-state index is 10.1. The van der Waals surface area contributed by atoms with Crippen LogP contribution in [0.4, 0.5) is 0 Å². The van der Waals surface area contributed by atoms with Crippen molar-refractivity contribution < 1.29 is 9.84 Å². The maximum Gasteiger partial charge on any atom is 0.0912 e. The zero-order valence-corrected chi connectivity index (χ0v) is 8.91. The first-order chi connectivity index (χ1) is 6.77. The minimum atomic E-state index is -0.231. The second kappa shape index (κ2) is 4.35. The first-order valence-electron chi connectivity index (χ1n) is 5.76. The third-order valence-electron chi connectivity index (χ3n) is 3.63. The summed E-state index contributed by atoms with van der Waals surface area (Å²) in [4.78, 5) is 0. The topological polar surface area (TPSA) is 29.5 Å². The summed E-state index contributed by atoms with van der Waals surface area (Å²) in [5.41, 5.74) is 1.12. The van der Waals surface area contributed by atoms with Crippen molar-refractivity contribution in [2.24, 2.45) is 11.8 Å². The summed E-state index contributed by atoms with van der Waals surface area (Å²) in [6.07, 6.45) is 7.37. The molecule has 2 nitrogen and oxygen atoms in total. The lowest BCUT2D eigenvalue weighted by atomic mass is 9.78. The SMILES string of the molecule is CC1CCC(C(O)C2=COCC2)CC1. The molecule has 1 heterocycles. The molecule has 80 valence electrons. The smallest absolute Gasteiger partial charge is 0.0912 e. The Labute approximate surface area is 86.0 Å². The van der Waals surface area contributed by atoms with Crippen LogP contribution < -0.4 is 0 Å². The molecule has 0 bridgehead atoms. The summed E-state index contributed by atoms with van der Waals surface area (Å²) in [5.74, 6) is 1.34. The standard InChI is InChI=1S/C12H20O2/c1-9-2-4-10(5-3-9)12(13)11-6-7-14-8-11/h8-10,12-13H,2-7H2,1H3. The fraction of sp³-hybridized carbons (Fsp3) is 0.833. The highest BCUT2D eigenvalue weighted by atomic mass is 16.5. The van der Waals surface area contributed by atoms with E-state index < -0.39 is 0 Å². The predicted molar refractivity (Wildman–Crippen MR) is 55.8 cm³/mol. The highest BCUT2D eigenvalue weighted by molar-refractivity contribution is 5.10. The molecule has 2 rings (SSSR count). The van der Waals surface area contributed by atoms with E-state index in [-0.39, 0.29) is 6.10 Å². The van der Waals surface area contributed by atoms with Gasteiger partial charge in [0, 0.05) is 6.42 Å². The van der Waals surface area contributed by atoms with Gasteiger partial charge in [-0.05, 0) is 30.3 Å². The summed E-state index contributed by atoms with van der Waals surface area (Å²) in [6.45, 7) is 3.07. The summed E-state index contributed by atoms with van der Waals surface area (Å²) >= 11 is 0. The molecule has 0 radical (unpaired) electrons. The second-order valence-electron chi connectivity index (χ2n) is 4.78. The Bertz CT molecular complexity index is 214. The molecule has 1 fully saturated rings. The van der Waals surface area contributed by atoms with Gasteiger partial charge in [-0.3, -0.25) is 0 Å². The molecule has 1 aliphatic heterocycles. The minimum absolute atomic E-state index is 0.231. The van der Waals surface area contributed by atoms with Gasteiger partial charge in [-0.25, -0.2) is 0 Å². The fourth-order valence-corrected chi connectivity index (χ4v) is 2.52. The van der Waals surface area contributed by atoms with Crippen molar-refractivity contribution in [2.45, 2.75) is 45.1 Å². The van der Waals surface area contributed by atoms with Gasteiger partial charge < -0.3 is 9.84 Å². The van der Waals surface area contributed by atoms with Crippen molar-refractivity contribution in [3.63, 3.8) is 0 Å². The number of ether oxygens (including phenoxy) is 1. The van der Waals surface area contributed by atoms with Gasteiger partial charge in [0.25, 0.3) is 0 Å². The van der Waals surface area contributed by atoms with E-state index in [1.165, 1.54) is 25.7 Å². The number of rotatable bonds is 2. The van der Waals surface area contributed by atoms with Gasteiger partial charge in [0.1, 0.15) is 0 Å². The molecular weight excluding hydrogens is 176 g/mol.